The maximum atomic E-state index is 11.5. The second-order valence-corrected chi connectivity index (χ2v) is 4.52. The highest BCUT2D eigenvalue weighted by Gasteiger charge is 2.12. The van der Waals surface area contributed by atoms with Crippen molar-refractivity contribution >= 4 is 35.8 Å². The average molecular weight is 356 g/mol. The van der Waals surface area contributed by atoms with Crippen LogP contribution in [-0.4, -0.2) is 37.0 Å². The van der Waals surface area contributed by atoms with Crippen LogP contribution in [0.5, 0.6) is 0 Å². The Kier molecular flexibility index (Phi) is 10.5. The zero-order chi connectivity index (χ0) is 12.6. The standard InChI is InChI=1S/C11H24N4O.HI/c1-6-12-10(13-7-2)14-8-9(16)15-11(3,4)5;/h6-8H2,1-5H3,(H,15,16)(H2,12,13,14);1H. The molecule has 6 heteroatoms. The summed E-state index contributed by atoms with van der Waals surface area (Å²) >= 11 is 0. The van der Waals surface area contributed by atoms with Crippen molar-refractivity contribution in [2.45, 2.75) is 40.2 Å². The lowest BCUT2D eigenvalue weighted by Gasteiger charge is -2.19. The summed E-state index contributed by atoms with van der Waals surface area (Å²) in [6.45, 7) is 11.5. The molecule has 0 saturated carbocycles. The molecule has 0 fully saturated rings. The lowest BCUT2D eigenvalue weighted by atomic mass is 10.1. The van der Waals surface area contributed by atoms with Crippen molar-refractivity contribution in [2.24, 2.45) is 4.99 Å². The second-order valence-electron chi connectivity index (χ2n) is 4.52. The smallest absolute Gasteiger partial charge is 0.242 e. The molecule has 0 atom stereocenters. The Morgan fingerprint density at radius 3 is 1.94 bits per heavy atom. The summed E-state index contributed by atoms with van der Waals surface area (Å²) in [5.41, 5.74) is -0.205. The zero-order valence-electron chi connectivity index (χ0n) is 11.4. The molecule has 5 nitrogen and oxygen atoms in total. The molecule has 0 aromatic carbocycles. The Hall–Kier alpha value is -0.530. The van der Waals surface area contributed by atoms with Gasteiger partial charge in [-0.15, -0.1) is 24.0 Å². The normalized spacial score (nSPS) is 9.94. The van der Waals surface area contributed by atoms with Crippen LogP contribution in [0.2, 0.25) is 0 Å². The molecule has 0 aliphatic rings. The van der Waals surface area contributed by atoms with Crippen LogP contribution in [0.1, 0.15) is 34.6 Å². The van der Waals surface area contributed by atoms with Gasteiger partial charge in [-0.05, 0) is 34.6 Å². The van der Waals surface area contributed by atoms with Crippen molar-refractivity contribution < 1.29 is 4.79 Å². The molecular weight excluding hydrogens is 331 g/mol. The number of hydrogen-bond acceptors (Lipinski definition) is 2. The fraction of sp³-hybridized carbons (Fsp3) is 0.818. The van der Waals surface area contributed by atoms with E-state index in [1.165, 1.54) is 0 Å². The number of carbonyl (C=O) groups is 1. The van der Waals surface area contributed by atoms with Crippen molar-refractivity contribution in [3.05, 3.63) is 0 Å². The number of nitrogens with zero attached hydrogens (tertiary/aromatic N) is 1. The van der Waals surface area contributed by atoms with E-state index in [9.17, 15) is 4.79 Å². The van der Waals surface area contributed by atoms with Crippen LogP contribution in [0.4, 0.5) is 0 Å². The van der Waals surface area contributed by atoms with Crippen LogP contribution >= 0.6 is 24.0 Å². The summed E-state index contributed by atoms with van der Waals surface area (Å²) in [5.74, 6) is 0.606. The molecule has 17 heavy (non-hydrogen) atoms. The Labute approximate surface area is 121 Å². The van der Waals surface area contributed by atoms with Gasteiger partial charge in [0.25, 0.3) is 0 Å². The Morgan fingerprint density at radius 1 is 1.12 bits per heavy atom. The highest BCUT2D eigenvalue weighted by atomic mass is 127. The SMILES string of the molecule is CCNC(=NCC(=O)NC(C)(C)C)NCC.I. The fourth-order valence-corrected chi connectivity index (χ4v) is 1.12. The predicted molar refractivity (Wildman–Crippen MR) is 83.0 cm³/mol. The summed E-state index contributed by atoms with van der Waals surface area (Å²) in [7, 11) is 0. The Morgan fingerprint density at radius 2 is 1.59 bits per heavy atom. The summed E-state index contributed by atoms with van der Waals surface area (Å²) in [6, 6.07) is 0. The van der Waals surface area contributed by atoms with E-state index in [1.807, 2.05) is 34.6 Å². The number of aliphatic imine (C=N–C) groups is 1. The molecule has 0 saturated heterocycles. The molecule has 0 radical (unpaired) electrons. The summed E-state index contributed by atoms with van der Waals surface area (Å²) in [5, 5.41) is 8.98. The third kappa shape index (κ3) is 11.7. The molecular formula is C11H25IN4O. The topological polar surface area (TPSA) is 65.5 Å². The largest absolute Gasteiger partial charge is 0.357 e. The van der Waals surface area contributed by atoms with E-state index in [2.05, 4.69) is 20.9 Å². The number of rotatable bonds is 4. The van der Waals surface area contributed by atoms with Gasteiger partial charge in [0, 0.05) is 18.6 Å². The lowest BCUT2D eigenvalue weighted by Crippen LogP contribution is -2.43. The Balaban J connectivity index is 0. The molecule has 0 heterocycles. The van der Waals surface area contributed by atoms with Crippen LogP contribution in [0.25, 0.3) is 0 Å². The number of halogens is 1. The summed E-state index contributed by atoms with van der Waals surface area (Å²) in [4.78, 5) is 15.7. The Bertz CT molecular complexity index is 240. The maximum absolute atomic E-state index is 11.5. The van der Waals surface area contributed by atoms with Crippen LogP contribution < -0.4 is 16.0 Å². The zero-order valence-corrected chi connectivity index (χ0v) is 13.7. The van der Waals surface area contributed by atoms with Gasteiger partial charge in [0.05, 0.1) is 0 Å². The van der Waals surface area contributed by atoms with E-state index in [0.29, 0.717) is 5.96 Å². The van der Waals surface area contributed by atoms with Crippen LogP contribution in [0.15, 0.2) is 4.99 Å². The minimum Gasteiger partial charge on any atom is -0.357 e. The van der Waals surface area contributed by atoms with E-state index in [0.717, 1.165) is 13.1 Å². The second kappa shape index (κ2) is 9.49. The predicted octanol–water partition coefficient (Wildman–Crippen LogP) is 1.09. The highest BCUT2D eigenvalue weighted by Crippen LogP contribution is 1.97. The molecule has 0 aromatic heterocycles. The van der Waals surface area contributed by atoms with Gasteiger partial charge < -0.3 is 16.0 Å². The van der Waals surface area contributed by atoms with E-state index in [4.69, 9.17) is 0 Å². The van der Waals surface area contributed by atoms with Gasteiger partial charge in [-0.2, -0.15) is 0 Å². The highest BCUT2D eigenvalue weighted by molar-refractivity contribution is 14.0. The first-order valence-corrected chi connectivity index (χ1v) is 5.72. The van der Waals surface area contributed by atoms with Gasteiger partial charge in [0.15, 0.2) is 5.96 Å². The van der Waals surface area contributed by atoms with Gasteiger partial charge in [0.1, 0.15) is 6.54 Å². The molecule has 1 amide bonds. The first-order chi connectivity index (χ1) is 7.39. The van der Waals surface area contributed by atoms with Crippen molar-refractivity contribution in [3.8, 4) is 0 Å². The average Bonchev–Trinajstić information content (AvgIpc) is 2.12. The fourth-order valence-electron chi connectivity index (χ4n) is 1.12. The van der Waals surface area contributed by atoms with Gasteiger partial charge in [-0.1, -0.05) is 0 Å². The number of guanidine groups is 1. The van der Waals surface area contributed by atoms with E-state index in [1.54, 1.807) is 0 Å². The molecule has 0 unspecified atom stereocenters. The minimum atomic E-state index is -0.205. The van der Waals surface area contributed by atoms with Crippen molar-refractivity contribution in [2.75, 3.05) is 19.6 Å². The van der Waals surface area contributed by atoms with E-state index >= 15 is 0 Å². The van der Waals surface area contributed by atoms with Crippen LogP contribution in [0, 0.1) is 0 Å². The molecule has 0 aliphatic carbocycles. The molecule has 102 valence electrons. The van der Waals surface area contributed by atoms with E-state index < -0.39 is 0 Å². The molecule has 0 aromatic rings. The van der Waals surface area contributed by atoms with Crippen molar-refractivity contribution in [3.63, 3.8) is 0 Å². The number of hydrogen-bond donors (Lipinski definition) is 3. The molecule has 0 rings (SSSR count). The van der Waals surface area contributed by atoms with Gasteiger partial charge in [-0.25, -0.2) is 4.99 Å². The van der Waals surface area contributed by atoms with Gasteiger partial charge in [0.2, 0.25) is 5.91 Å². The monoisotopic (exact) mass is 356 g/mol. The third-order valence-electron chi connectivity index (χ3n) is 1.58. The number of nitrogens with one attached hydrogen (secondary N) is 3. The van der Waals surface area contributed by atoms with Crippen molar-refractivity contribution in [1.82, 2.24) is 16.0 Å². The molecule has 0 aliphatic heterocycles. The maximum Gasteiger partial charge on any atom is 0.242 e. The third-order valence-corrected chi connectivity index (χ3v) is 1.58. The number of carbonyl (C=O) groups excluding carboxylic acids is 1. The lowest BCUT2D eigenvalue weighted by molar-refractivity contribution is -0.121. The van der Waals surface area contributed by atoms with E-state index in [-0.39, 0.29) is 42.0 Å². The van der Waals surface area contributed by atoms with Crippen molar-refractivity contribution in [1.29, 1.82) is 0 Å². The quantitative estimate of drug-likeness (QED) is 0.402. The molecule has 3 N–H and O–H groups in total. The first-order valence-electron chi connectivity index (χ1n) is 5.72. The first kappa shape index (κ1) is 18.8. The van der Waals surface area contributed by atoms with Crippen LogP contribution in [0.3, 0.4) is 0 Å². The van der Waals surface area contributed by atoms with Gasteiger partial charge in [-0.3, -0.25) is 4.79 Å². The number of amides is 1. The summed E-state index contributed by atoms with van der Waals surface area (Å²) in [6.07, 6.45) is 0. The molecule has 0 bridgehead atoms. The van der Waals surface area contributed by atoms with Crippen LogP contribution in [-0.2, 0) is 4.79 Å². The van der Waals surface area contributed by atoms with Gasteiger partial charge >= 0.3 is 0 Å². The summed E-state index contributed by atoms with van der Waals surface area (Å²) < 4.78 is 0. The minimum absolute atomic E-state index is 0. The molecule has 0 spiro atoms.